The summed E-state index contributed by atoms with van der Waals surface area (Å²) in [6.07, 6.45) is 5.23. The molecule has 2 saturated heterocycles. The number of urea groups is 1. The number of carbonyl (C=O) groups is 1. The highest BCUT2D eigenvalue weighted by molar-refractivity contribution is 7.16. The molecule has 2 fully saturated rings. The first-order valence-electron chi connectivity index (χ1n) is 8.20. The number of amides is 2. The zero-order valence-electron chi connectivity index (χ0n) is 13.1. The zero-order chi connectivity index (χ0) is 15.5. The summed E-state index contributed by atoms with van der Waals surface area (Å²) in [6.45, 7) is 4.62. The molecule has 6 heteroatoms. The Hall–Kier alpha value is -1.14. The fourth-order valence-corrected chi connectivity index (χ4v) is 5.56. The van der Waals surface area contributed by atoms with Crippen molar-refractivity contribution in [3.8, 4) is 0 Å². The van der Waals surface area contributed by atoms with Crippen LogP contribution >= 0.6 is 11.3 Å². The summed E-state index contributed by atoms with van der Waals surface area (Å²) in [5.41, 5.74) is 1.29. The van der Waals surface area contributed by atoms with Crippen LogP contribution < -0.4 is 5.32 Å². The first-order chi connectivity index (χ1) is 10.5. The third kappa shape index (κ3) is 2.07. The van der Waals surface area contributed by atoms with Gasteiger partial charge < -0.3 is 10.0 Å². The average Bonchev–Trinajstić information content (AvgIpc) is 3.20. The minimum absolute atomic E-state index is 0.0336. The predicted molar refractivity (Wildman–Crippen MR) is 86.3 cm³/mol. The van der Waals surface area contributed by atoms with E-state index in [0.29, 0.717) is 6.04 Å². The predicted octanol–water partition coefficient (Wildman–Crippen LogP) is 2.74. The van der Waals surface area contributed by atoms with Gasteiger partial charge in [0, 0.05) is 34.9 Å². The highest BCUT2D eigenvalue weighted by Crippen LogP contribution is 2.44. The molecule has 120 valence electrons. The summed E-state index contributed by atoms with van der Waals surface area (Å²) >= 11 is 1.62. The maximum Gasteiger partial charge on any atom is 0.324 e. The highest BCUT2D eigenvalue weighted by Gasteiger charge is 2.48. The Morgan fingerprint density at radius 1 is 1.50 bits per heavy atom. The maximum atomic E-state index is 12.6. The first-order valence-corrected chi connectivity index (χ1v) is 9.01. The van der Waals surface area contributed by atoms with E-state index in [-0.39, 0.29) is 30.0 Å². The zero-order valence-corrected chi connectivity index (χ0v) is 13.9. The van der Waals surface area contributed by atoms with Crippen molar-refractivity contribution in [3.63, 3.8) is 0 Å². The van der Waals surface area contributed by atoms with Crippen LogP contribution in [0.1, 0.15) is 50.1 Å². The molecule has 2 bridgehead atoms. The number of anilines is 1. The SMILES string of the molecule is CC1(C)CCc2sc(NC(=O)N3C4CCC3C(CO)C4)nc21. The van der Waals surface area contributed by atoms with Crippen molar-refractivity contribution in [1.82, 2.24) is 9.88 Å². The number of nitrogens with one attached hydrogen (secondary N) is 1. The van der Waals surface area contributed by atoms with Crippen molar-refractivity contribution < 1.29 is 9.90 Å². The second-order valence-corrected chi connectivity index (χ2v) is 8.57. The van der Waals surface area contributed by atoms with Crippen LogP contribution in [0.4, 0.5) is 9.93 Å². The minimum atomic E-state index is -0.0336. The van der Waals surface area contributed by atoms with Crippen LogP contribution in [-0.4, -0.2) is 39.7 Å². The molecule has 3 unspecified atom stereocenters. The van der Waals surface area contributed by atoms with Gasteiger partial charge in [-0.1, -0.05) is 13.8 Å². The van der Waals surface area contributed by atoms with Crippen molar-refractivity contribution >= 4 is 22.5 Å². The molecule has 2 N–H and O–H groups in total. The summed E-state index contributed by atoms with van der Waals surface area (Å²) in [6, 6.07) is 0.470. The van der Waals surface area contributed by atoms with E-state index in [4.69, 9.17) is 0 Å². The van der Waals surface area contributed by atoms with E-state index in [2.05, 4.69) is 24.1 Å². The van der Waals surface area contributed by atoms with Gasteiger partial charge in [-0.15, -0.1) is 11.3 Å². The number of fused-ring (bicyclic) bond motifs is 3. The topological polar surface area (TPSA) is 65.5 Å². The van der Waals surface area contributed by atoms with Crippen LogP contribution in [0.3, 0.4) is 0 Å². The molecule has 1 aromatic rings. The Morgan fingerprint density at radius 3 is 3.00 bits per heavy atom. The van der Waals surface area contributed by atoms with Crippen LogP contribution in [0, 0.1) is 5.92 Å². The summed E-state index contributed by atoms with van der Waals surface area (Å²) in [4.78, 5) is 20.6. The van der Waals surface area contributed by atoms with Gasteiger partial charge >= 0.3 is 6.03 Å². The molecule has 1 aromatic heterocycles. The number of hydrogen-bond acceptors (Lipinski definition) is 4. The summed E-state index contributed by atoms with van der Waals surface area (Å²) in [5, 5.41) is 13.2. The van der Waals surface area contributed by atoms with Crippen molar-refractivity contribution in [2.45, 2.75) is 63.5 Å². The second-order valence-electron chi connectivity index (χ2n) is 7.49. The Bertz CT molecular complexity index is 613. The Morgan fingerprint density at radius 2 is 2.32 bits per heavy atom. The largest absolute Gasteiger partial charge is 0.396 e. The molecule has 2 amide bonds. The number of nitrogens with zero attached hydrogens (tertiary/aromatic N) is 2. The molecule has 4 rings (SSSR count). The number of aryl methyl sites for hydroxylation is 1. The quantitative estimate of drug-likeness (QED) is 0.880. The Labute approximate surface area is 134 Å². The average molecular weight is 321 g/mol. The van der Waals surface area contributed by atoms with Gasteiger partial charge in [0.1, 0.15) is 0 Å². The van der Waals surface area contributed by atoms with Crippen LogP contribution in [0.5, 0.6) is 0 Å². The van der Waals surface area contributed by atoms with Gasteiger partial charge in [0.15, 0.2) is 5.13 Å². The molecule has 3 heterocycles. The van der Waals surface area contributed by atoms with Crippen molar-refractivity contribution in [3.05, 3.63) is 10.6 Å². The maximum absolute atomic E-state index is 12.6. The molecule has 0 spiro atoms. The van der Waals surface area contributed by atoms with E-state index in [0.717, 1.165) is 42.9 Å². The van der Waals surface area contributed by atoms with Crippen molar-refractivity contribution in [2.75, 3.05) is 11.9 Å². The van der Waals surface area contributed by atoms with Crippen molar-refractivity contribution in [1.29, 1.82) is 0 Å². The lowest BCUT2D eigenvalue weighted by Gasteiger charge is -2.23. The number of carbonyl (C=O) groups excluding carboxylic acids is 1. The summed E-state index contributed by atoms with van der Waals surface area (Å²) in [5.74, 6) is 0.254. The van der Waals surface area contributed by atoms with Gasteiger partial charge in [-0.3, -0.25) is 5.32 Å². The van der Waals surface area contributed by atoms with E-state index in [1.807, 2.05) is 4.90 Å². The molecular formula is C16H23N3O2S. The van der Waals surface area contributed by atoms with Gasteiger partial charge in [-0.05, 0) is 32.1 Å². The van der Waals surface area contributed by atoms with E-state index in [1.165, 1.54) is 4.88 Å². The Balaban J connectivity index is 1.50. The fraction of sp³-hybridized carbons (Fsp3) is 0.750. The number of aromatic nitrogens is 1. The van der Waals surface area contributed by atoms with E-state index >= 15 is 0 Å². The number of thiazole rings is 1. The first kappa shape index (κ1) is 14.5. The lowest BCUT2D eigenvalue weighted by atomic mass is 9.90. The Kier molecular flexibility index (Phi) is 3.24. The normalized spacial score (nSPS) is 31.6. The minimum Gasteiger partial charge on any atom is -0.396 e. The molecule has 1 aliphatic carbocycles. The molecule has 0 saturated carbocycles. The molecule has 3 atom stereocenters. The lowest BCUT2D eigenvalue weighted by molar-refractivity contribution is 0.177. The second kappa shape index (κ2) is 4.93. The molecule has 2 aliphatic heterocycles. The number of hydrogen-bond donors (Lipinski definition) is 2. The summed E-state index contributed by atoms with van der Waals surface area (Å²) < 4.78 is 0. The molecule has 0 aromatic carbocycles. The molecule has 5 nitrogen and oxygen atoms in total. The number of rotatable bonds is 2. The lowest BCUT2D eigenvalue weighted by Crippen LogP contribution is -2.40. The number of aliphatic hydroxyl groups excluding tert-OH is 1. The molecule has 3 aliphatic rings. The smallest absolute Gasteiger partial charge is 0.324 e. The van der Waals surface area contributed by atoms with E-state index in [9.17, 15) is 9.90 Å². The third-order valence-corrected chi connectivity index (χ3v) is 6.69. The van der Waals surface area contributed by atoms with Gasteiger partial charge in [0.2, 0.25) is 0 Å². The van der Waals surface area contributed by atoms with Crippen LogP contribution in [0.15, 0.2) is 0 Å². The van der Waals surface area contributed by atoms with E-state index < -0.39 is 0 Å². The highest BCUT2D eigenvalue weighted by atomic mass is 32.1. The van der Waals surface area contributed by atoms with Crippen LogP contribution in [-0.2, 0) is 11.8 Å². The van der Waals surface area contributed by atoms with Crippen LogP contribution in [0.25, 0.3) is 0 Å². The third-order valence-electron chi connectivity index (χ3n) is 5.66. The molecule has 0 radical (unpaired) electrons. The van der Waals surface area contributed by atoms with Gasteiger partial charge in [0.05, 0.1) is 5.69 Å². The van der Waals surface area contributed by atoms with Gasteiger partial charge in [-0.25, -0.2) is 9.78 Å². The fourth-order valence-electron chi connectivity index (χ4n) is 4.43. The van der Waals surface area contributed by atoms with Crippen molar-refractivity contribution in [2.24, 2.45) is 5.92 Å². The monoisotopic (exact) mass is 321 g/mol. The van der Waals surface area contributed by atoms with E-state index in [1.54, 1.807) is 11.3 Å². The van der Waals surface area contributed by atoms with Crippen LogP contribution in [0.2, 0.25) is 0 Å². The number of aliphatic hydroxyl groups is 1. The molecule has 22 heavy (non-hydrogen) atoms. The van der Waals surface area contributed by atoms with Gasteiger partial charge in [0.25, 0.3) is 0 Å². The van der Waals surface area contributed by atoms with Gasteiger partial charge in [-0.2, -0.15) is 0 Å². The summed E-state index contributed by atoms with van der Waals surface area (Å²) in [7, 11) is 0. The molecular weight excluding hydrogens is 298 g/mol. The standard InChI is InChI=1S/C16H23N3O2S/c1-16(2)6-5-12-13(16)17-14(22-12)18-15(21)19-10-3-4-11(19)9(7-10)8-20/h9-11,20H,3-8H2,1-2H3,(H,17,18,21).